The third kappa shape index (κ3) is 5.97. The molecule has 0 unspecified atom stereocenters. The van der Waals surface area contributed by atoms with Crippen molar-refractivity contribution in [3.05, 3.63) is 26.6 Å². The smallest absolute Gasteiger partial charge is 0.304 e. The molecule has 1 aromatic carbocycles. The van der Waals surface area contributed by atoms with Crippen LogP contribution in [0.4, 0.5) is 5.69 Å². The van der Waals surface area contributed by atoms with Gasteiger partial charge in [-0.2, -0.15) is 11.8 Å². The number of carboxylic acid groups (broad SMARTS) is 1. The van der Waals surface area contributed by atoms with Crippen LogP contribution in [-0.4, -0.2) is 28.5 Å². The van der Waals surface area contributed by atoms with Crippen LogP contribution >= 0.6 is 43.6 Å². The Balaban J connectivity index is 2.51. The molecular formula is C12H13Br2NO3S. The average molecular weight is 411 g/mol. The first kappa shape index (κ1) is 16.5. The van der Waals surface area contributed by atoms with Crippen LogP contribution in [0.25, 0.3) is 0 Å². The van der Waals surface area contributed by atoms with E-state index in [1.165, 1.54) is 11.8 Å². The van der Waals surface area contributed by atoms with Crippen molar-refractivity contribution in [1.82, 2.24) is 0 Å². The molecule has 0 spiro atoms. The van der Waals surface area contributed by atoms with E-state index < -0.39 is 5.97 Å². The topological polar surface area (TPSA) is 66.4 Å². The molecule has 0 aliphatic carbocycles. The van der Waals surface area contributed by atoms with Crippen LogP contribution in [0.1, 0.15) is 12.0 Å². The molecule has 0 aromatic heterocycles. The molecule has 0 fully saturated rings. The van der Waals surface area contributed by atoms with Crippen LogP contribution in [0.5, 0.6) is 0 Å². The van der Waals surface area contributed by atoms with Gasteiger partial charge in [0.15, 0.2) is 0 Å². The number of anilines is 1. The molecular weight excluding hydrogens is 398 g/mol. The maximum Gasteiger partial charge on any atom is 0.304 e. The summed E-state index contributed by atoms with van der Waals surface area (Å²) in [6.45, 7) is 1.96. The second-order valence-electron chi connectivity index (χ2n) is 3.85. The third-order valence-corrected chi connectivity index (χ3v) is 4.35. The highest BCUT2D eigenvalue weighted by molar-refractivity contribution is 9.11. The number of carboxylic acids is 1. The first-order chi connectivity index (χ1) is 8.90. The minimum atomic E-state index is -0.850. The van der Waals surface area contributed by atoms with E-state index in [0.29, 0.717) is 11.4 Å². The van der Waals surface area contributed by atoms with Crippen molar-refractivity contribution in [2.24, 2.45) is 0 Å². The predicted molar refractivity (Wildman–Crippen MR) is 84.8 cm³/mol. The summed E-state index contributed by atoms with van der Waals surface area (Å²) in [5.41, 5.74) is 1.77. The van der Waals surface area contributed by atoms with Gasteiger partial charge in [0.1, 0.15) is 0 Å². The van der Waals surface area contributed by atoms with Crippen LogP contribution in [-0.2, 0) is 9.59 Å². The maximum atomic E-state index is 11.7. The number of aliphatic carboxylic acids is 1. The number of halogens is 2. The molecule has 19 heavy (non-hydrogen) atoms. The zero-order valence-electron chi connectivity index (χ0n) is 10.2. The molecule has 0 atom stereocenters. The molecule has 7 heteroatoms. The molecule has 0 saturated carbocycles. The Morgan fingerprint density at radius 3 is 2.42 bits per heavy atom. The van der Waals surface area contributed by atoms with E-state index in [1.54, 1.807) is 0 Å². The fourth-order valence-electron chi connectivity index (χ4n) is 1.32. The van der Waals surface area contributed by atoms with Crippen LogP contribution < -0.4 is 5.32 Å². The standard InChI is InChI=1S/C12H13Br2NO3S/c1-7-4-8(13)12(9(14)5-7)15-10(16)6-19-3-2-11(17)18/h4-5H,2-3,6H2,1H3,(H,15,16)(H,17,18). The number of carbonyl (C=O) groups is 2. The number of hydrogen-bond acceptors (Lipinski definition) is 3. The van der Waals surface area contributed by atoms with E-state index >= 15 is 0 Å². The Morgan fingerprint density at radius 1 is 1.32 bits per heavy atom. The molecule has 104 valence electrons. The quantitative estimate of drug-likeness (QED) is 0.702. The Bertz CT molecular complexity index is 471. The van der Waals surface area contributed by atoms with Crippen molar-refractivity contribution in [3.8, 4) is 0 Å². The van der Waals surface area contributed by atoms with E-state index in [0.717, 1.165) is 14.5 Å². The minimum absolute atomic E-state index is 0.0653. The van der Waals surface area contributed by atoms with Gasteiger partial charge in [0.2, 0.25) is 5.91 Å². The van der Waals surface area contributed by atoms with E-state index in [9.17, 15) is 9.59 Å². The fourth-order valence-corrected chi connectivity index (χ4v) is 3.65. The summed E-state index contributed by atoms with van der Waals surface area (Å²) < 4.78 is 1.62. The molecule has 0 heterocycles. The zero-order valence-corrected chi connectivity index (χ0v) is 14.2. The summed E-state index contributed by atoms with van der Waals surface area (Å²) in [4.78, 5) is 22.1. The maximum absolute atomic E-state index is 11.7. The Hall–Kier alpha value is -0.530. The normalized spacial score (nSPS) is 10.3. The Labute approximate surface area is 132 Å². The fraction of sp³-hybridized carbons (Fsp3) is 0.333. The summed E-state index contributed by atoms with van der Waals surface area (Å²) in [5.74, 6) is -0.337. The van der Waals surface area contributed by atoms with Gasteiger partial charge >= 0.3 is 5.97 Å². The molecule has 0 aliphatic heterocycles. The molecule has 1 aromatic rings. The summed E-state index contributed by atoms with van der Waals surface area (Å²) >= 11 is 8.10. The Morgan fingerprint density at radius 2 is 1.89 bits per heavy atom. The van der Waals surface area contributed by atoms with Gasteiger partial charge in [-0.1, -0.05) is 0 Å². The van der Waals surface area contributed by atoms with Crippen molar-refractivity contribution in [2.75, 3.05) is 16.8 Å². The summed E-state index contributed by atoms with van der Waals surface area (Å²) in [7, 11) is 0. The lowest BCUT2D eigenvalue weighted by molar-refractivity contribution is -0.136. The first-order valence-corrected chi connectivity index (χ1v) is 8.19. The van der Waals surface area contributed by atoms with Crippen LogP contribution in [0.2, 0.25) is 0 Å². The van der Waals surface area contributed by atoms with E-state index in [2.05, 4.69) is 37.2 Å². The highest BCUT2D eigenvalue weighted by atomic mass is 79.9. The van der Waals surface area contributed by atoms with E-state index in [-0.39, 0.29) is 18.1 Å². The second-order valence-corrected chi connectivity index (χ2v) is 6.66. The van der Waals surface area contributed by atoms with Gasteiger partial charge in [0, 0.05) is 14.7 Å². The van der Waals surface area contributed by atoms with Crippen LogP contribution in [0, 0.1) is 6.92 Å². The average Bonchev–Trinajstić information content (AvgIpc) is 2.29. The largest absolute Gasteiger partial charge is 0.481 e. The second kappa shape index (κ2) is 7.91. The minimum Gasteiger partial charge on any atom is -0.481 e. The first-order valence-electron chi connectivity index (χ1n) is 5.45. The molecule has 1 amide bonds. The van der Waals surface area contributed by atoms with Gasteiger partial charge in [-0.25, -0.2) is 0 Å². The van der Waals surface area contributed by atoms with Crippen molar-refractivity contribution >= 4 is 61.2 Å². The molecule has 0 aliphatic rings. The molecule has 1 rings (SSSR count). The lowest BCUT2D eigenvalue weighted by Gasteiger charge is -2.10. The van der Waals surface area contributed by atoms with Gasteiger partial charge < -0.3 is 10.4 Å². The molecule has 0 saturated heterocycles. The van der Waals surface area contributed by atoms with Gasteiger partial charge in [-0.3, -0.25) is 9.59 Å². The zero-order chi connectivity index (χ0) is 14.4. The highest BCUT2D eigenvalue weighted by Gasteiger charge is 2.10. The number of carbonyl (C=O) groups excluding carboxylic acids is 1. The lowest BCUT2D eigenvalue weighted by atomic mass is 10.2. The SMILES string of the molecule is Cc1cc(Br)c(NC(=O)CSCCC(=O)O)c(Br)c1. The number of hydrogen-bond donors (Lipinski definition) is 2. The van der Waals surface area contributed by atoms with Crippen LogP contribution in [0.3, 0.4) is 0 Å². The van der Waals surface area contributed by atoms with Crippen molar-refractivity contribution in [2.45, 2.75) is 13.3 Å². The van der Waals surface area contributed by atoms with Gasteiger partial charge in [0.05, 0.1) is 17.9 Å². The van der Waals surface area contributed by atoms with Gasteiger partial charge in [-0.15, -0.1) is 0 Å². The van der Waals surface area contributed by atoms with Crippen LogP contribution in [0.15, 0.2) is 21.1 Å². The summed E-state index contributed by atoms with van der Waals surface area (Å²) in [6, 6.07) is 3.83. The lowest BCUT2D eigenvalue weighted by Crippen LogP contribution is -2.15. The molecule has 0 bridgehead atoms. The third-order valence-electron chi connectivity index (χ3n) is 2.14. The highest BCUT2D eigenvalue weighted by Crippen LogP contribution is 2.32. The van der Waals surface area contributed by atoms with Crippen molar-refractivity contribution < 1.29 is 14.7 Å². The number of thioether (sulfide) groups is 1. The number of benzene rings is 1. The number of nitrogens with one attached hydrogen (secondary N) is 1. The van der Waals surface area contributed by atoms with Crippen molar-refractivity contribution in [1.29, 1.82) is 0 Å². The summed E-state index contributed by atoms with van der Waals surface area (Å²) in [6.07, 6.45) is 0.0653. The monoisotopic (exact) mass is 409 g/mol. The van der Waals surface area contributed by atoms with Crippen molar-refractivity contribution in [3.63, 3.8) is 0 Å². The molecule has 4 nitrogen and oxygen atoms in total. The number of aryl methyl sites for hydroxylation is 1. The molecule has 0 radical (unpaired) electrons. The van der Waals surface area contributed by atoms with Gasteiger partial charge in [-0.05, 0) is 56.5 Å². The van der Waals surface area contributed by atoms with Gasteiger partial charge in [0.25, 0.3) is 0 Å². The summed E-state index contributed by atoms with van der Waals surface area (Å²) in [5, 5.41) is 11.3. The predicted octanol–water partition coefficient (Wildman–Crippen LogP) is 3.67. The number of rotatable bonds is 6. The Kier molecular flexibility index (Phi) is 6.88. The van der Waals surface area contributed by atoms with E-state index in [4.69, 9.17) is 5.11 Å². The number of amides is 1. The molecule has 2 N–H and O–H groups in total. The van der Waals surface area contributed by atoms with E-state index in [1.807, 2.05) is 19.1 Å².